The summed E-state index contributed by atoms with van der Waals surface area (Å²) in [7, 11) is 0. The number of carboxylic acid groups (broad SMARTS) is 1. The van der Waals surface area contributed by atoms with Crippen LogP contribution in [0, 0.1) is 5.92 Å². The minimum absolute atomic E-state index is 0.349. The Morgan fingerprint density at radius 1 is 1.21 bits per heavy atom. The first-order chi connectivity index (χ1) is 13.3. The summed E-state index contributed by atoms with van der Waals surface area (Å²) in [6, 6.07) is 0. The molecule has 28 heavy (non-hydrogen) atoms. The van der Waals surface area contributed by atoms with Crippen molar-refractivity contribution in [2.75, 3.05) is 0 Å². The largest absolute Gasteiger partial charge is 0.477 e. The third kappa shape index (κ3) is 9.05. The van der Waals surface area contributed by atoms with Crippen LogP contribution in [0.5, 0.6) is 0 Å². The molecule has 0 aromatic rings. The van der Waals surface area contributed by atoms with E-state index in [2.05, 4.69) is 31.7 Å². The van der Waals surface area contributed by atoms with Crippen molar-refractivity contribution in [3.05, 3.63) is 40.7 Å². The van der Waals surface area contributed by atoms with Gasteiger partial charge in [0.2, 0.25) is 0 Å². The average molecular weight is 391 g/mol. The lowest BCUT2D eigenvalue weighted by atomic mass is 9.99. The van der Waals surface area contributed by atoms with E-state index in [0.717, 1.165) is 25.7 Å². The summed E-state index contributed by atoms with van der Waals surface area (Å²) >= 11 is 0. The zero-order valence-corrected chi connectivity index (χ0v) is 17.8. The van der Waals surface area contributed by atoms with Crippen LogP contribution in [-0.4, -0.2) is 27.1 Å². The summed E-state index contributed by atoms with van der Waals surface area (Å²) in [6.45, 7) is 6.14. The van der Waals surface area contributed by atoms with Crippen molar-refractivity contribution in [2.45, 2.75) is 97.2 Å². The van der Waals surface area contributed by atoms with Gasteiger partial charge in [0.05, 0.1) is 0 Å². The highest BCUT2D eigenvalue weighted by Gasteiger charge is 2.33. The highest BCUT2D eigenvalue weighted by Crippen LogP contribution is 2.34. The first-order valence-electron chi connectivity index (χ1n) is 10.7. The second-order valence-corrected chi connectivity index (χ2v) is 8.08. The van der Waals surface area contributed by atoms with Crippen LogP contribution in [0.25, 0.3) is 0 Å². The van der Waals surface area contributed by atoms with Gasteiger partial charge in [0.1, 0.15) is 0 Å². The molecule has 0 bridgehead atoms. The van der Waals surface area contributed by atoms with Gasteiger partial charge in [-0.1, -0.05) is 63.7 Å². The third-order valence-corrected chi connectivity index (χ3v) is 5.42. The van der Waals surface area contributed by atoms with Gasteiger partial charge in [-0.2, -0.15) is 0 Å². The van der Waals surface area contributed by atoms with Gasteiger partial charge in [0, 0.05) is 6.42 Å². The van der Waals surface area contributed by atoms with E-state index in [4.69, 9.17) is 5.11 Å². The van der Waals surface area contributed by atoms with Gasteiger partial charge in [0.15, 0.2) is 0 Å². The molecule has 0 spiro atoms. The van der Waals surface area contributed by atoms with Gasteiger partial charge in [-0.05, 0) is 62.2 Å². The molecule has 0 aromatic heterocycles. The van der Waals surface area contributed by atoms with Gasteiger partial charge in [-0.15, -0.1) is 5.73 Å². The Balaban J connectivity index is 2.57. The Hall–Kier alpha value is -1.61. The van der Waals surface area contributed by atoms with Gasteiger partial charge < -0.3 is 15.3 Å². The summed E-state index contributed by atoms with van der Waals surface area (Å²) in [5.41, 5.74) is 6.35. The lowest BCUT2D eigenvalue weighted by molar-refractivity contribution is -0.202. The van der Waals surface area contributed by atoms with Crippen molar-refractivity contribution < 1.29 is 20.1 Å². The SMILES string of the molecule is CCCCCCCCC=CC1=C(CC=C=C(C)CC(O)(O)C(=O)O)[C@@H](C)CC1. The van der Waals surface area contributed by atoms with E-state index in [1.54, 1.807) is 6.92 Å². The third-order valence-electron chi connectivity index (χ3n) is 5.42. The maximum Gasteiger partial charge on any atom is 0.364 e. The van der Waals surface area contributed by atoms with Crippen LogP contribution in [0.1, 0.15) is 91.4 Å². The monoisotopic (exact) mass is 390 g/mol. The smallest absolute Gasteiger partial charge is 0.364 e. The van der Waals surface area contributed by atoms with Crippen molar-refractivity contribution in [3.63, 3.8) is 0 Å². The molecule has 1 atom stereocenters. The molecule has 0 saturated carbocycles. The van der Waals surface area contributed by atoms with Crippen molar-refractivity contribution in [2.24, 2.45) is 5.92 Å². The second kappa shape index (κ2) is 12.8. The Morgan fingerprint density at radius 3 is 2.57 bits per heavy atom. The fourth-order valence-corrected chi connectivity index (χ4v) is 3.65. The van der Waals surface area contributed by atoms with E-state index in [-0.39, 0.29) is 6.42 Å². The van der Waals surface area contributed by atoms with Crippen molar-refractivity contribution >= 4 is 5.97 Å². The molecule has 3 N–H and O–H groups in total. The van der Waals surface area contributed by atoms with Crippen LogP contribution >= 0.6 is 0 Å². The molecular weight excluding hydrogens is 352 g/mol. The first kappa shape index (κ1) is 24.4. The highest BCUT2D eigenvalue weighted by atomic mass is 16.5. The topological polar surface area (TPSA) is 77.8 Å². The molecule has 0 fully saturated rings. The molecule has 4 nitrogen and oxygen atoms in total. The molecule has 158 valence electrons. The molecule has 0 unspecified atom stereocenters. The minimum atomic E-state index is -2.73. The first-order valence-corrected chi connectivity index (χ1v) is 10.7. The Morgan fingerprint density at radius 2 is 1.89 bits per heavy atom. The lowest BCUT2D eigenvalue weighted by Gasteiger charge is -2.15. The number of allylic oxidation sites excluding steroid dienone is 4. The van der Waals surface area contributed by atoms with Crippen molar-refractivity contribution in [3.8, 4) is 0 Å². The zero-order chi connectivity index (χ0) is 21.0. The molecule has 1 aliphatic rings. The van der Waals surface area contributed by atoms with Crippen LogP contribution in [0.15, 0.2) is 40.7 Å². The van der Waals surface area contributed by atoms with Gasteiger partial charge >= 0.3 is 5.97 Å². The number of aliphatic hydroxyl groups is 2. The van der Waals surface area contributed by atoms with Gasteiger partial charge in [-0.25, -0.2) is 4.79 Å². The minimum Gasteiger partial charge on any atom is -0.477 e. The fraction of sp³-hybridized carbons (Fsp3) is 0.667. The fourth-order valence-electron chi connectivity index (χ4n) is 3.65. The predicted molar refractivity (Wildman–Crippen MR) is 114 cm³/mol. The number of carboxylic acids is 1. The van der Waals surface area contributed by atoms with Crippen LogP contribution in [0.2, 0.25) is 0 Å². The summed E-state index contributed by atoms with van der Waals surface area (Å²) in [5, 5.41) is 27.6. The van der Waals surface area contributed by atoms with Crippen molar-refractivity contribution in [1.82, 2.24) is 0 Å². The van der Waals surface area contributed by atoms with Crippen LogP contribution in [0.4, 0.5) is 0 Å². The van der Waals surface area contributed by atoms with E-state index >= 15 is 0 Å². The lowest BCUT2D eigenvalue weighted by Crippen LogP contribution is -2.38. The van der Waals surface area contributed by atoms with E-state index in [9.17, 15) is 15.0 Å². The van der Waals surface area contributed by atoms with Crippen LogP contribution in [-0.2, 0) is 4.79 Å². The molecule has 0 aromatic carbocycles. The van der Waals surface area contributed by atoms with Gasteiger partial charge in [-0.3, -0.25) is 0 Å². The number of carbonyl (C=O) groups is 1. The molecule has 0 heterocycles. The summed E-state index contributed by atoms with van der Waals surface area (Å²) in [6.07, 6.45) is 18.2. The van der Waals surface area contributed by atoms with E-state index < -0.39 is 11.8 Å². The quantitative estimate of drug-likeness (QED) is 0.215. The molecule has 1 rings (SSSR count). The highest BCUT2D eigenvalue weighted by molar-refractivity contribution is 5.75. The Bertz CT molecular complexity index is 619. The summed E-state index contributed by atoms with van der Waals surface area (Å²) < 4.78 is 0. The van der Waals surface area contributed by atoms with E-state index in [1.165, 1.54) is 49.7 Å². The van der Waals surface area contributed by atoms with Crippen LogP contribution in [0.3, 0.4) is 0 Å². The maximum absolute atomic E-state index is 10.8. The predicted octanol–water partition coefficient (Wildman–Crippen LogP) is 5.67. The normalized spacial score (nSPS) is 17.2. The van der Waals surface area contributed by atoms with E-state index in [1.807, 2.05) is 6.08 Å². The van der Waals surface area contributed by atoms with Gasteiger partial charge in [0.25, 0.3) is 5.79 Å². The molecular formula is C24H38O4. The molecule has 0 radical (unpaired) electrons. The number of hydrogen-bond donors (Lipinski definition) is 3. The summed E-state index contributed by atoms with van der Waals surface area (Å²) in [5.74, 6) is -3.82. The van der Waals surface area contributed by atoms with E-state index in [0.29, 0.717) is 11.5 Å². The summed E-state index contributed by atoms with van der Waals surface area (Å²) in [4.78, 5) is 10.8. The second-order valence-electron chi connectivity index (χ2n) is 8.08. The standard InChI is InChI=1S/C24H38O4/c1-4-5-6-7-8-9-10-11-14-21-17-16-20(3)22(21)15-12-13-19(2)18-24(27,28)23(25)26/h11-12,14,20,27-28H,4-10,15-18H2,1-3H3,(H,25,26)/t13?,20-/m0/s1. The number of rotatable bonds is 13. The molecule has 0 saturated heterocycles. The molecule has 4 heteroatoms. The van der Waals surface area contributed by atoms with Crippen LogP contribution < -0.4 is 0 Å². The molecule has 0 amide bonds. The van der Waals surface area contributed by atoms with Crippen molar-refractivity contribution in [1.29, 1.82) is 0 Å². The molecule has 1 aliphatic carbocycles. The molecule has 0 aliphatic heterocycles. The number of hydrogen-bond acceptors (Lipinski definition) is 3. The maximum atomic E-state index is 10.8. The number of unbranched alkanes of at least 4 members (excludes halogenated alkanes) is 6. The Kier molecular flexibility index (Phi) is 11.1. The Labute approximate surface area is 170 Å². The number of aliphatic carboxylic acids is 1. The average Bonchev–Trinajstić information content (AvgIpc) is 2.97. The zero-order valence-electron chi connectivity index (χ0n) is 17.8.